The topological polar surface area (TPSA) is 57.6 Å². The standard InChI is InChI=1S/C13H27NO3S/c1-4-14(11-13(2,3)15)18(16,17)10-12-8-6-5-7-9-12/h12,15H,4-11H2,1-3H3. The molecule has 0 bridgehead atoms. The van der Waals surface area contributed by atoms with Gasteiger partial charge in [0.15, 0.2) is 0 Å². The highest BCUT2D eigenvalue weighted by molar-refractivity contribution is 7.89. The van der Waals surface area contributed by atoms with Crippen LogP contribution in [0.4, 0.5) is 0 Å². The largest absolute Gasteiger partial charge is 0.389 e. The number of sulfonamides is 1. The molecule has 0 unspecified atom stereocenters. The Balaban J connectivity index is 2.64. The van der Waals surface area contributed by atoms with E-state index in [4.69, 9.17) is 0 Å². The summed E-state index contributed by atoms with van der Waals surface area (Å²) in [6.45, 7) is 5.72. The van der Waals surface area contributed by atoms with Crippen LogP contribution in [0.1, 0.15) is 52.9 Å². The number of nitrogens with zero attached hydrogens (tertiary/aromatic N) is 1. The van der Waals surface area contributed by atoms with Crippen molar-refractivity contribution >= 4 is 10.0 Å². The summed E-state index contributed by atoms with van der Waals surface area (Å²) in [5.74, 6) is 0.552. The monoisotopic (exact) mass is 277 g/mol. The van der Waals surface area contributed by atoms with Crippen molar-refractivity contribution < 1.29 is 13.5 Å². The lowest BCUT2D eigenvalue weighted by Crippen LogP contribution is -2.44. The first-order valence-electron chi connectivity index (χ1n) is 6.95. The van der Waals surface area contributed by atoms with E-state index in [0.717, 1.165) is 25.7 Å². The summed E-state index contributed by atoms with van der Waals surface area (Å²) in [7, 11) is -3.23. The van der Waals surface area contributed by atoms with Gasteiger partial charge in [0.2, 0.25) is 10.0 Å². The van der Waals surface area contributed by atoms with Gasteiger partial charge in [0, 0.05) is 13.1 Å². The third kappa shape index (κ3) is 5.24. The first-order chi connectivity index (χ1) is 8.24. The highest BCUT2D eigenvalue weighted by Crippen LogP contribution is 2.26. The number of rotatable bonds is 6. The quantitative estimate of drug-likeness (QED) is 0.808. The molecule has 1 saturated carbocycles. The van der Waals surface area contributed by atoms with Crippen molar-refractivity contribution in [3.63, 3.8) is 0 Å². The number of aliphatic hydroxyl groups is 1. The van der Waals surface area contributed by atoms with Gasteiger partial charge >= 0.3 is 0 Å². The Morgan fingerprint density at radius 1 is 1.22 bits per heavy atom. The lowest BCUT2D eigenvalue weighted by atomic mass is 9.91. The second kappa shape index (κ2) is 6.35. The molecular formula is C13H27NO3S. The number of hydrogen-bond acceptors (Lipinski definition) is 3. The van der Waals surface area contributed by atoms with Crippen molar-refractivity contribution in [2.75, 3.05) is 18.8 Å². The van der Waals surface area contributed by atoms with Gasteiger partial charge < -0.3 is 5.11 Å². The van der Waals surface area contributed by atoms with Gasteiger partial charge in [-0.15, -0.1) is 0 Å². The molecule has 0 radical (unpaired) electrons. The predicted molar refractivity (Wildman–Crippen MR) is 73.9 cm³/mol. The maximum atomic E-state index is 12.3. The maximum Gasteiger partial charge on any atom is 0.214 e. The Labute approximate surface area is 111 Å². The molecule has 0 aromatic rings. The summed E-state index contributed by atoms with van der Waals surface area (Å²) in [5, 5.41) is 9.78. The first-order valence-corrected chi connectivity index (χ1v) is 8.56. The van der Waals surface area contributed by atoms with Gasteiger partial charge in [-0.05, 0) is 32.6 Å². The molecule has 5 heteroatoms. The highest BCUT2D eigenvalue weighted by Gasteiger charge is 2.29. The van der Waals surface area contributed by atoms with Crippen molar-refractivity contribution in [3.05, 3.63) is 0 Å². The minimum absolute atomic E-state index is 0.179. The molecule has 4 nitrogen and oxygen atoms in total. The summed E-state index contributed by atoms with van der Waals surface area (Å²) in [6.07, 6.45) is 5.59. The molecule has 1 rings (SSSR count). The second-order valence-electron chi connectivity index (χ2n) is 6.02. The molecular weight excluding hydrogens is 250 g/mol. The third-order valence-electron chi connectivity index (χ3n) is 3.48. The van der Waals surface area contributed by atoms with Crippen LogP contribution in [0.2, 0.25) is 0 Å². The summed E-state index contributed by atoms with van der Waals surface area (Å²) in [6, 6.07) is 0. The second-order valence-corrected chi connectivity index (χ2v) is 8.03. The van der Waals surface area contributed by atoms with Crippen LogP contribution in [0.25, 0.3) is 0 Å². The van der Waals surface area contributed by atoms with Crippen LogP contribution in [0.3, 0.4) is 0 Å². The molecule has 0 aliphatic heterocycles. The van der Waals surface area contributed by atoms with Crippen molar-refractivity contribution in [1.29, 1.82) is 0 Å². The molecule has 0 saturated heterocycles. The third-order valence-corrected chi connectivity index (χ3v) is 5.55. The molecule has 0 aromatic heterocycles. The van der Waals surface area contributed by atoms with Crippen molar-refractivity contribution in [2.45, 2.75) is 58.5 Å². The number of likely N-dealkylation sites (N-methyl/N-ethyl adjacent to an activating group) is 1. The van der Waals surface area contributed by atoms with Gasteiger partial charge in [0.05, 0.1) is 11.4 Å². The van der Waals surface area contributed by atoms with Gasteiger partial charge in [-0.3, -0.25) is 0 Å². The molecule has 18 heavy (non-hydrogen) atoms. The van der Waals surface area contributed by atoms with E-state index in [1.165, 1.54) is 10.7 Å². The molecule has 0 aromatic carbocycles. The van der Waals surface area contributed by atoms with Gasteiger partial charge in [0.25, 0.3) is 0 Å². The molecule has 0 spiro atoms. The van der Waals surface area contributed by atoms with Gasteiger partial charge in [0.1, 0.15) is 0 Å². The SMILES string of the molecule is CCN(CC(C)(C)O)S(=O)(=O)CC1CCCCC1. The minimum Gasteiger partial charge on any atom is -0.389 e. The lowest BCUT2D eigenvalue weighted by molar-refractivity contribution is 0.0600. The molecule has 1 N–H and O–H groups in total. The van der Waals surface area contributed by atoms with E-state index in [9.17, 15) is 13.5 Å². The van der Waals surface area contributed by atoms with Crippen LogP contribution in [0.5, 0.6) is 0 Å². The van der Waals surface area contributed by atoms with Crippen molar-refractivity contribution in [1.82, 2.24) is 4.31 Å². The maximum absolute atomic E-state index is 12.3. The fraction of sp³-hybridized carbons (Fsp3) is 1.00. The van der Waals surface area contributed by atoms with Crippen molar-refractivity contribution in [2.24, 2.45) is 5.92 Å². The summed E-state index contributed by atoms with van der Waals surface area (Å²) < 4.78 is 26.1. The van der Waals surface area contributed by atoms with E-state index in [2.05, 4.69) is 0 Å². The normalized spacial score (nSPS) is 19.4. The Bertz CT molecular complexity index is 340. The van der Waals surface area contributed by atoms with E-state index in [-0.39, 0.29) is 12.3 Å². The zero-order valence-electron chi connectivity index (χ0n) is 11.9. The van der Waals surface area contributed by atoms with E-state index in [1.807, 2.05) is 6.92 Å². The molecule has 108 valence electrons. The summed E-state index contributed by atoms with van der Waals surface area (Å²) >= 11 is 0. The fourth-order valence-corrected chi connectivity index (χ4v) is 4.64. The minimum atomic E-state index is -3.23. The van der Waals surface area contributed by atoms with Crippen LogP contribution in [-0.4, -0.2) is 42.3 Å². The Kier molecular flexibility index (Phi) is 5.62. The predicted octanol–water partition coefficient (Wildman–Crippen LogP) is 1.99. The van der Waals surface area contributed by atoms with Crippen molar-refractivity contribution in [3.8, 4) is 0 Å². The smallest absolute Gasteiger partial charge is 0.214 e. The van der Waals surface area contributed by atoms with Crippen LogP contribution >= 0.6 is 0 Å². The van der Waals surface area contributed by atoms with Crippen LogP contribution in [0.15, 0.2) is 0 Å². The Morgan fingerprint density at radius 3 is 2.22 bits per heavy atom. The van der Waals surface area contributed by atoms with Crippen LogP contribution in [0, 0.1) is 5.92 Å². The average Bonchev–Trinajstić information content (AvgIpc) is 2.25. The summed E-state index contributed by atoms with van der Waals surface area (Å²) in [5.41, 5.74) is -0.977. The van der Waals surface area contributed by atoms with Gasteiger partial charge in [-0.25, -0.2) is 8.42 Å². The zero-order valence-corrected chi connectivity index (χ0v) is 12.7. The van der Waals surface area contributed by atoms with Gasteiger partial charge in [-0.2, -0.15) is 4.31 Å². The van der Waals surface area contributed by atoms with E-state index in [1.54, 1.807) is 13.8 Å². The molecule has 1 fully saturated rings. The number of hydrogen-bond donors (Lipinski definition) is 1. The average molecular weight is 277 g/mol. The lowest BCUT2D eigenvalue weighted by Gasteiger charge is -2.30. The van der Waals surface area contributed by atoms with Crippen LogP contribution in [-0.2, 0) is 10.0 Å². The first kappa shape index (κ1) is 15.9. The van der Waals surface area contributed by atoms with Crippen LogP contribution < -0.4 is 0 Å². The molecule has 0 atom stereocenters. The molecule has 0 heterocycles. The Hall–Kier alpha value is -0.130. The zero-order chi connectivity index (χ0) is 13.8. The highest BCUT2D eigenvalue weighted by atomic mass is 32.2. The van der Waals surface area contributed by atoms with E-state index < -0.39 is 15.6 Å². The fourth-order valence-electron chi connectivity index (χ4n) is 2.60. The Morgan fingerprint density at radius 2 is 1.78 bits per heavy atom. The molecule has 1 aliphatic carbocycles. The molecule has 1 aliphatic rings. The summed E-state index contributed by atoms with van der Waals surface area (Å²) in [4.78, 5) is 0. The molecule has 0 amide bonds. The van der Waals surface area contributed by atoms with E-state index >= 15 is 0 Å². The van der Waals surface area contributed by atoms with Gasteiger partial charge in [-0.1, -0.05) is 26.2 Å². The van der Waals surface area contributed by atoms with E-state index in [0.29, 0.717) is 12.5 Å².